The van der Waals surface area contributed by atoms with E-state index >= 15 is 0 Å². The van der Waals surface area contributed by atoms with Crippen molar-refractivity contribution in [3.05, 3.63) is 143 Å². The highest BCUT2D eigenvalue weighted by Crippen LogP contribution is 2.38. The van der Waals surface area contributed by atoms with E-state index in [1.54, 1.807) is 20.8 Å². The second-order valence-corrected chi connectivity index (χ2v) is 23.8. The summed E-state index contributed by atoms with van der Waals surface area (Å²) in [5.74, 6) is -3.11. The van der Waals surface area contributed by atoms with Crippen molar-refractivity contribution in [3.8, 4) is 0 Å². The molecule has 0 radical (unpaired) electrons. The smallest absolute Gasteiger partial charge is 0.313 e. The number of carboxylic acid groups (broad SMARTS) is 2. The van der Waals surface area contributed by atoms with Crippen LogP contribution in [0.3, 0.4) is 0 Å². The molecule has 2 aromatic heterocycles. The molecular formula is C72H94ClN3O20. The quantitative estimate of drug-likeness (QED) is 0.0224. The van der Waals surface area contributed by atoms with Crippen molar-refractivity contribution in [1.29, 1.82) is 0 Å². The van der Waals surface area contributed by atoms with Gasteiger partial charge in [-0.2, -0.15) is 0 Å². The molecule has 524 valence electrons. The summed E-state index contributed by atoms with van der Waals surface area (Å²) in [6, 6.07) is 28.9. The van der Waals surface area contributed by atoms with Crippen molar-refractivity contribution in [2.75, 3.05) is 25.7 Å². The van der Waals surface area contributed by atoms with E-state index in [4.69, 9.17) is 60.1 Å². The first-order valence-electron chi connectivity index (χ1n) is 32.6. The standard InChI is InChI=1S/C21H25NO5.C15H19NO3.C15H18O4.C14H19NO5.C6H9ClO3.CH4/c1-2-25-19(23)12-18-14-26-20(22-18)16-8-10-17(11-9-16)21(24)27-13-15-6-4-3-5-7-15;2*16-14(17)12-6-8-13(9-7-12)15(18)19-10-11-4-2-1-3-5-11;1-2-19-12(16)7-11-8-20-13(15-11)9-3-5-10(6-4-9)14(17)18;1-2-10-6(9)3-5(8)4-7;/h3-7,14,16-17H,2,8-13H2,1H3;1-5,12-13H,6-10H2,(H2,16,17);1-5,12-13H,6-10H2,(H,16,17);8-10H,2-7H2,1H3,(H,17,18);2-4H2,1H3;1H4. The number of carboxylic acids is 2. The number of alkyl halides is 1. The van der Waals surface area contributed by atoms with Crippen LogP contribution in [-0.2, 0) is 109 Å². The first-order chi connectivity index (χ1) is 45.8. The number of ether oxygens (including phenoxy) is 6. The molecule has 2 heterocycles. The predicted molar refractivity (Wildman–Crippen MR) is 351 cm³/mol. The van der Waals surface area contributed by atoms with Crippen LogP contribution in [0, 0.1) is 35.5 Å². The van der Waals surface area contributed by atoms with E-state index in [9.17, 15) is 47.9 Å². The first kappa shape index (κ1) is 79.7. The molecule has 0 spiro atoms. The third-order valence-corrected chi connectivity index (χ3v) is 16.9. The largest absolute Gasteiger partial charge is 0.481 e. The number of amides is 1. The lowest BCUT2D eigenvalue weighted by molar-refractivity contribution is -0.153. The Morgan fingerprint density at radius 3 is 1.03 bits per heavy atom. The Morgan fingerprint density at radius 1 is 0.438 bits per heavy atom. The van der Waals surface area contributed by atoms with E-state index in [2.05, 4.69) is 14.7 Å². The number of rotatable bonds is 24. The summed E-state index contributed by atoms with van der Waals surface area (Å²) < 4.78 is 41.3. The fourth-order valence-electron chi connectivity index (χ4n) is 11.2. The van der Waals surface area contributed by atoms with Gasteiger partial charge in [0, 0.05) is 17.8 Å². The van der Waals surface area contributed by atoms with Crippen LogP contribution in [0.2, 0.25) is 0 Å². The van der Waals surface area contributed by atoms with E-state index in [-0.39, 0.29) is 121 Å². The van der Waals surface area contributed by atoms with Crippen LogP contribution in [-0.4, -0.2) is 105 Å². The van der Waals surface area contributed by atoms with Gasteiger partial charge in [-0.15, -0.1) is 11.6 Å². The first-order valence-corrected chi connectivity index (χ1v) is 33.1. The molecule has 5 aromatic rings. The number of carbonyl (C=O) groups is 10. The molecule has 0 unspecified atom stereocenters. The van der Waals surface area contributed by atoms with E-state index in [1.165, 1.54) is 12.5 Å². The van der Waals surface area contributed by atoms with Crippen LogP contribution in [0.15, 0.2) is 112 Å². The van der Waals surface area contributed by atoms with Gasteiger partial charge >= 0.3 is 47.8 Å². The van der Waals surface area contributed by atoms with Crippen molar-refractivity contribution in [3.63, 3.8) is 0 Å². The zero-order chi connectivity index (χ0) is 68.9. The van der Waals surface area contributed by atoms with E-state index in [1.807, 2.05) is 91.0 Å². The number of aromatic nitrogens is 2. The Hall–Kier alpha value is -8.73. The highest BCUT2D eigenvalue weighted by atomic mass is 35.5. The molecule has 1 amide bonds. The summed E-state index contributed by atoms with van der Waals surface area (Å²) >= 11 is 5.14. The Bertz CT molecular complexity index is 3070. The summed E-state index contributed by atoms with van der Waals surface area (Å²) in [6.07, 6.45) is 14.2. The van der Waals surface area contributed by atoms with Gasteiger partial charge in [-0.25, -0.2) is 9.97 Å². The van der Waals surface area contributed by atoms with Crippen molar-refractivity contribution >= 4 is 71.0 Å². The van der Waals surface area contributed by atoms with Crippen LogP contribution in [0.4, 0.5) is 0 Å². The Kier molecular flexibility index (Phi) is 36.6. The number of ketones is 1. The van der Waals surface area contributed by atoms with Crippen molar-refractivity contribution < 1.29 is 95.4 Å². The number of oxazole rings is 2. The zero-order valence-electron chi connectivity index (χ0n) is 54.4. The highest BCUT2D eigenvalue weighted by Gasteiger charge is 2.34. The summed E-state index contributed by atoms with van der Waals surface area (Å²) in [5, 5.41) is 17.9. The molecular weight excluding hydrogens is 1260 g/mol. The Morgan fingerprint density at radius 2 is 0.729 bits per heavy atom. The van der Waals surface area contributed by atoms with Crippen LogP contribution in [0.5, 0.6) is 0 Å². The van der Waals surface area contributed by atoms with Gasteiger partial charge in [-0.3, -0.25) is 47.9 Å². The van der Waals surface area contributed by atoms with Gasteiger partial charge in [0.05, 0.1) is 79.5 Å². The van der Waals surface area contributed by atoms with Crippen LogP contribution in [0.1, 0.15) is 189 Å². The maximum atomic E-state index is 12.3. The molecule has 4 saturated carbocycles. The van der Waals surface area contributed by atoms with E-state index in [0.29, 0.717) is 127 Å². The van der Waals surface area contributed by atoms with E-state index in [0.717, 1.165) is 55.2 Å². The summed E-state index contributed by atoms with van der Waals surface area (Å²) in [4.78, 5) is 121. The maximum absolute atomic E-state index is 12.3. The number of nitrogens with two attached hydrogens (primary N) is 1. The molecule has 3 aromatic carbocycles. The minimum absolute atomic E-state index is 0. The van der Waals surface area contributed by atoms with Crippen molar-refractivity contribution in [2.24, 2.45) is 41.2 Å². The number of esters is 6. The van der Waals surface area contributed by atoms with Crippen molar-refractivity contribution in [1.82, 2.24) is 9.97 Å². The van der Waals surface area contributed by atoms with Gasteiger partial charge in [0.2, 0.25) is 5.91 Å². The molecule has 0 aliphatic heterocycles. The second kappa shape index (κ2) is 44.1. The normalized spacial score (nSPS) is 20.1. The van der Waals surface area contributed by atoms with Crippen LogP contribution in [0.25, 0.3) is 0 Å². The minimum atomic E-state index is -0.754. The van der Waals surface area contributed by atoms with Gasteiger partial charge in [-0.1, -0.05) is 98.4 Å². The topological polar surface area (TPSA) is 345 Å². The molecule has 96 heavy (non-hydrogen) atoms. The average molecular weight is 1360 g/mol. The second-order valence-electron chi connectivity index (χ2n) is 23.5. The fourth-order valence-corrected chi connectivity index (χ4v) is 11.3. The number of carbonyl (C=O) groups excluding carboxylic acids is 8. The van der Waals surface area contributed by atoms with Gasteiger partial charge < -0.3 is 53.2 Å². The van der Waals surface area contributed by atoms with Gasteiger partial charge in [0.15, 0.2) is 17.6 Å². The molecule has 0 bridgehead atoms. The lowest BCUT2D eigenvalue weighted by atomic mass is 9.82. The van der Waals surface area contributed by atoms with Crippen molar-refractivity contribution in [2.45, 2.75) is 182 Å². The average Bonchev–Trinajstić information content (AvgIpc) is 1.72. The Balaban J connectivity index is 0.000000262. The SMILES string of the molecule is C.CCOC(=O)CC(=O)CCl.CCOC(=O)Cc1coc(C2CCC(C(=O)O)CC2)n1.CCOC(=O)Cc1coc(C2CCC(C(=O)OCc3ccccc3)CC2)n1.NC(=O)C1CCC(C(=O)OCc2ccccc2)CC1.O=C(O)C1CCC(C(=O)OCc2ccccc2)CC1. The number of hydrogen-bond acceptors (Lipinski definition) is 20. The van der Waals surface area contributed by atoms with Gasteiger partial charge in [-0.05, 0) is 140 Å². The van der Waals surface area contributed by atoms with Gasteiger partial charge in [0.1, 0.15) is 38.8 Å². The summed E-state index contributed by atoms with van der Waals surface area (Å²) in [5.41, 5.74) is 9.38. The maximum Gasteiger partial charge on any atom is 0.313 e. The van der Waals surface area contributed by atoms with Crippen LogP contribution < -0.4 is 5.73 Å². The monoisotopic (exact) mass is 1360 g/mol. The summed E-state index contributed by atoms with van der Waals surface area (Å²) in [6.45, 7) is 7.14. The molecule has 4 fully saturated rings. The highest BCUT2D eigenvalue weighted by molar-refractivity contribution is 6.28. The predicted octanol–water partition coefficient (Wildman–Crippen LogP) is 12.0. The summed E-state index contributed by atoms with van der Waals surface area (Å²) in [7, 11) is 0. The molecule has 0 saturated heterocycles. The number of halogens is 1. The number of aliphatic carboxylic acids is 2. The lowest BCUT2D eigenvalue weighted by Gasteiger charge is -2.25. The molecule has 4 N–H and O–H groups in total. The number of primary amides is 1. The third-order valence-electron chi connectivity index (χ3n) is 16.6. The number of nitrogens with zero attached hydrogens (tertiary/aromatic N) is 2. The lowest BCUT2D eigenvalue weighted by Crippen LogP contribution is -2.30. The zero-order valence-corrected chi connectivity index (χ0v) is 55.2. The van der Waals surface area contributed by atoms with E-state index < -0.39 is 17.9 Å². The third kappa shape index (κ3) is 29.5. The molecule has 23 nitrogen and oxygen atoms in total. The molecule has 24 heteroatoms. The fraction of sp³-hybridized carbons (Fsp3) is 0.528. The molecule has 4 aliphatic rings. The molecule has 9 rings (SSSR count). The minimum Gasteiger partial charge on any atom is -0.481 e. The van der Waals surface area contributed by atoms with Gasteiger partial charge in [0.25, 0.3) is 0 Å². The molecule has 0 atom stereocenters. The van der Waals surface area contributed by atoms with Crippen LogP contribution >= 0.6 is 11.6 Å². The number of benzene rings is 3. The molecule has 4 aliphatic carbocycles. The number of Topliss-reactive ketones (excluding diaryl/α,β-unsaturated/α-hetero) is 1. The Labute approximate surface area is 566 Å². The number of hydrogen-bond donors (Lipinski definition) is 3.